The number of hydrogen-bond donors (Lipinski definition) is 2. The molecule has 4 aromatic rings. The zero-order valence-corrected chi connectivity index (χ0v) is 28.9. The molecule has 0 spiro atoms. The lowest BCUT2D eigenvalue weighted by atomic mass is 10.1. The molecule has 2 N–H and O–H groups in total. The third-order valence-corrected chi connectivity index (χ3v) is 8.12. The van der Waals surface area contributed by atoms with Gasteiger partial charge in [-0.05, 0) is 129 Å². The first-order valence-electron chi connectivity index (χ1n) is 15.1. The van der Waals surface area contributed by atoms with Crippen molar-refractivity contribution in [1.29, 1.82) is 0 Å². The van der Waals surface area contributed by atoms with E-state index in [0.717, 1.165) is 24.0 Å². The molecule has 10 nitrogen and oxygen atoms in total. The van der Waals surface area contributed by atoms with Gasteiger partial charge in [0.25, 0.3) is 0 Å². The normalized spacial score (nSPS) is 11.0. The Morgan fingerprint density at radius 1 is 0.542 bits per heavy atom. The lowest BCUT2D eigenvalue weighted by Gasteiger charge is -2.06. The minimum Gasteiger partial charge on any atom is -0.423 e. The average molecular weight is 776 g/mol. The average Bonchev–Trinajstić information content (AvgIpc) is 3.08. The van der Waals surface area contributed by atoms with Crippen LogP contribution in [0.1, 0.15) is 70.4 Å². The van der Waals surface area contributed by atoms with E-state index in [1.165, 1.54) is 12.4 Å². The molecular weight excluding hydrogens is 744 g/mol. The Morgan fingerprint density at radius 3 is 1.29 bits per heavy atom. The zero-order valence-electron chi connectivity index (χ0n) is 25.7. The van der Waals surface area contributed by atoms with Crippen LogP contribution in [0.2, 0.25) is 0 Å². The van der Waals surface area contributed by atoms with Gasteiger partial charge in [-0.3, -0.25) is 9.59 Å². The number of ether oxygens (including phenoxy) is 2. The van der Waals surface area contributed by atoms with E-state index in [1.54, 1.807) is 84.9 Å². The van der Waals surface area contributed by atoms with E-state index in [2.05, 4.69) is 52.9 Å². The molecule has 0 aliphatic rings. The maximum Gasteiger partial charge on any atom is 0.344 e. The molecule has 0 aromatic heterocycles. The van der Waals surface area contributed by atoms with Crippen molar-refractivity contribution in [2.45, 2.75) is 38.5 Å². The molecule has 4 aromatic carbocycles. The highest BCUT2D eigenvalue weighted by atomic mass is 79.9. The molecule has 0 atom stereocenters. The summed E-state index contributed by atoms with van der Waals surface area (Å²) in [6.07, 6.45) is 6.60. The van der Waals surface area contributed by atoms with Crippen LogP contribution in [0, 0.1) is 0 Å². The van der Waals surface area contributed by atoms with Gasteiger partial charge in [-0.25, -0.2) is 20.4 Å². The number of nitrogens with zero attached hydrogens (tertiary/aromatic N) is 2. The Labute approximate surface area is 294 Å². The largest absolute Gasteiger partial charge is 0.423 e. The van der Waals surface area contributed by atoms with Crippen molar-refractivity contribution >= 4 is 68.0 Å². The van der Waals surface area contributed by atoms with Crippen LogP contribution in [0.15, 0.2) is 116 Å². The summed E-state index contributed by atoms with van der Waals surface area (Å²) < 4.78 is 12.1. The fourth-order valence-corrected chi connectivity index (χ4v) is 5.11. The predicted octanol–water partition coefficient (Wildman–Crippen LogP) is 7.59. The van der Waals surface area contributed by atoms with Crippen LogP contribution in [0.5, 0.6) is 11.5 Å². The lowest BCUT2D eigenvalue weighted by Crippen LogP contribution is -2.17. The number of hydrogen-bond acceptors (Lipinski definition) is 8. The molecule has 2 amide bonds. The van der Waals surface area contributed by atoms with Gasteiger partial charge < -0.3 is 9.47 Å². The molecule has 0 saturated carbocycles. The molecule has 0 heterocycles. The molecule has 0 fully saturated rings. The first-order valence-corrected chi connectivity index (χ1v) is 16.6. The molecule has 12 heteroatoms. The Bertz CT molecular complexity index is 1650. The molecule has 0 aliphatic carbocycles. The van der Waals surface area contributed by atoms with Gasteiger partial charge in [0.05, 0.1) is 23.6 Å². The number of unbranched alkanes of at least 4 members (excludes halogenated alkanes) is 3. The SMILES string of the molecule is O=C(CCCCCCC(=O)NN=Cc1ccc(OC(=O)c2ccccc2Br)cc1)NN=Cc1ccc(OC(=O)c2ccccc2Br)cc1. The second kappa shape index (κ2) is 19.0. The van der Waals surface area contributed by atoms with E-state index in [1.807, 2.05) is 12.1 Å². The van der Waals surface area contributed by atoms with E-state index >= 15 is 0 Å². The predicted molar refractivity (Wildman–Crippen MR) is 190 cm³/mol. The summed E-state index contributed by atoms with van der Waals surface area (Å²) in [5.74, 6) is -0.555. The van der Waals surface area contributed by atoms with Crippen LogP contribution < -0.4 is 20.3 Å². The van der Waals surface area contributed by atoms with E-state index in [9.17, 15) is 19.2 Å². The molecule has 0 bridgehead atoms. The molecule has 48 heavy (non-hydrogen) atoms. The van der Waals surface area contributed by atoms with Gasteiger partial charge in [0.1, 0.15) is 11.5 Å². The number of benzene rings is 4. The fraction of sp³-hybridized carbons (Fsp3) is 0.167. The van der Waals surface area contributed by atoms with E-state index in [-0.39, 0.29) is 11.8 Å². The van der Waals surface area contributed by atoms with E-state index < -0.39 is 11.9 Å². The van der Waals surface area contributed by atoms with Crippen molar-refractivity contribution < 1.29 is 28.7 Å². The van der Waals surface area contributed by atoms with Gasteiger partial charge in [-0.1, -0.05) is 37.1 Å². The summed E-state index contributed by atoms with van der Waals surface area (Å²) in [7, 11) is 0. The summed E-state index contributed by atoms with van der Waals surface area (Å²) in [6.45, 7) is 0. The number of rotatable bonds is 15. The number of amides is 2. The highest BCUT2D eigenvalue weighted by Crippen LogP contribution is 2.21. The summed E-state index contributed by atoms with van der Waals surface area (Å²) in [4.78, 5) is 48.8. The van der Waals surface area contributed by atoms with Gasteiger partial charge in [-0.15, -0.1) is 0 Å². The molecule has 0 radical (unpaired) electrons. The second-order valence-corrected chi connectivity index (χ2v) is 12.1. The van der Waals surface area contributed by atoms with Gasteiger partial charge in [-0.2, -0.15) is 10.2 Å². The minimum absolute atomic E-state index is 0.201. The summed E-state index contributed by atoms with van der Waals surface area (Å²) in [5.41, 5.74) is 7.33. The third kappa shape index (κ3) is 12.0. The van der Waals surface area contributed by atoms with Gasteiger partial charge >= 0.3 is 11.9 Å². The number of nitrogens with one attached hydrogen (secondary N) is 2. The Morgan fingerprint density at radius 2 is 0.917 bits per heavy atom. The van der Waals surface area contributed by atoms with E-state index in [0.29, 0.717) is 57.3 Å². The second-order valence-electron chi connectivity index (χ2n) is 10.4. The molecule has 4 rings (SSSR count). The van der Waals surface area contributed by atoms with E-state index in [4.69, 9.17) is 9.47 Å². The topological polar surface area (TPSA) is 136 Å². The zero-order chi connectivity index (χ0) is 34.1. The quantitative estimate of drug-likeness (QED) is 0.0420. The Balaban J connectivity index is 1.04. The van der Waals surface area contributed by atoms with Crippen molar-refractivity contribution in [2.24, 2.45) is 10.2 Å². The number of carbonyl (C=O) groups excluding carboxylic acids is 4. The van der Waals surface area contributed by atoms with Crippen molar-refractivity contribution in [2.75, 3.05) is 0 Å². The van der Waals surface area contributed by atoms with Gasteiger partial charge in [0.2, 0.25) is 11.8 Å². The smallest absolute Gasteiger partial charge is 0.344 e. The molecule has 246 valence electrons. The van der Waals surface area contributed by atoms with Crippen LogP contribution in [0.25, 0.3) is 0 Å². The number of hydrazone groups is 2. The number of halogens is 2. The highest BCUT2D eigenvalue weighted by molar-refractivity contribution is 9.10. The van der Waals surface area contributed by atoms with Gasteiger partial charge in [0, 0.05) is 21.8 Å². The first kappa shape index (κ1) is 35.9. The maximum absolute atomic E-state index is 12.3. The van der Waals surface area contributed by atoms with Crippen molar-refractivity contribution in [1.82, 2.24) is 10.9 Å². The van der Waals surface area contributed by atoms with Crippen LogP contribution >= 0.6 is 31.9 Å². The maximum atomic E-state index is 12.3. The summed E-state index contributed by atoms with van der Waals surface area (Å²) in [6, 6.07) is 27.5. The molecule has 0 unspecified atom stereocenters. The summed E-state index contributed by atoms with van der Waals surface area (Å²) in [5, 5.41) is 7.97. The lowest BCUT2D eigenvalue weighted by molar-refractivity contribution is -0.122. The minimum atomic E-state index is -0.469. The summed E-state index contributed by atoms with van der Waals surface area (Å²) >= 11 is 6.67. The van der Waals surface area contributed by atoms with Crippen LogP contribution in [-0.4, -0.2) is 36.2 Å². The van der Waals surface area contributed by atoms with Crippen LogP contribution in [-0.2, 0) is 9.59 Å². The first-order chi connectivity index (χ1) is 23.3. The standard InChI is InChI=1S/C36H32Br2N4O6/c37-31-11-7-5-9-29(31)35(45)47-27-19-15-25(16-20-27)23-39-41-33(43)13-3-1-2-4-14-34(44)42-40-24-26-17-21-28(22-18-26)48-36(46)30-10-6-8-12-32(30)38/h5-12,15-24H,1-4,13-14H2,(H,41,43)(H,42,44). The van der Waals surface area contributed by atoms with Crippen molar-refractivity contribution in [3.63, 3.8) is 0 Å². The molecule has 0 aliphatic heterocycles. The van der Waals surface area contributed by atoms with Crippen LogP contribution in [0.4, 0.5) is 0 Å². The Kier molecular flexibility index (Phi) is 14.2. The van der Waals surface area contributed by atoms with Gasteiger partial charge in [0.15, 0.2) is 0 Å². The Hall–Kier alpha value is -4.94. The third-order valence-electron chi connectivity index (χ3n) is 6.73. The molecule has 0 saturated heterocycles. The monoisotopic (exact) mass is 774 g/mol. The molecular formula is C36H32Br2N4O6. The fourth-order valence-electron chi connectivity index (χ4n) is 4.22. The van der Waals surface area contributed by atoms with Crippen molar-refractivity contribution in [3.05, 3.63) is 128 Å². The number of esters is 2. The van der Waals surface area contributed by atoms with Crippen LogP contribution in [0.3, 0.4) is 0 Å². The number of carbonyl (C=O) groups is 4. The highest BCUT2D eigenvalue weighted by Gasteiger charge is 2.13. The van der Waals surface area contributed by atoms with Crippen molar-refractivity contribution in [3.8, 4) is 11.5 Å².